The molecule has 4 rings (SSSR count). The van der Waals surface area contributed by atoms with Crippen molar-refractivity contribution in [3.05, 3.63) is 52.8 Å². The number of carbonyl (C=O) groups is 1. The molecule has 3 aromatic rings. The van der Waals surface area contributed by atoms with Crippen molar-refractivity contribution in [3.63, 3.8) is 0 Å². The second-order valence-corrected chi connectivity index (χ2v) is 6.76. The van der Waals surface area contributed by atoms with Crippen molar-refractivity contribution in [3.8, 4) is 0 Å². The van der Waals surface area contributed by atoms with Gasteiger partial charge in [-0.2, -0.15) is 5.10 Å². The van der Waals surface area contributed by atoms with Crippen LogP contribution in [-0.4, -0.2) is 27.2 Å². The minimum Gasteiger partial charge on any atom is -0.308 e. The lowest BCUT2D eigenvalue weighted by Gasteiger charge is -2.23. The van der Waals surface area contributed by atoms with E-state index in [2.05, 4.69) is 22.2 Å². The molecule has 1 aliphatic heterocycles. The molecule has 1 aromatic carbocycles. The molecule has 3 heterocycles. The normalized spacial score (nSPS) is 14.4. The number of fused-ring (bicyclic) bond motifs is 2. The maximum Gasteiger partial charge on any atom is 0.259 e. The van der Waals surface area contributed by atoms with Crippen molar-refractivity contribution >= 4 is 22.6 Å². The van der Waals surface area contributed by atoms with Gasteiger partial charge in [-0.1, -0.05) is 18.2 Å². The summed E-state index contributed by atoms with van der Waals surface area (Å²) in [5, 5.41) is 5.33. The smallest absolute Gasteiger partial charge is 0.259 e. The quantitative estimate of drug-likeness (QED) is 0.683. The van der Waals surface area contributed by atoms with E-state index in [0.29, 0.717) is 5.56 Å². The summed E-state index contributed by atoms with van der Waals surface area (Å²) in [7, 11) is 1.87. The number of carbonyl (C=O) groups excluding carboxylic acids is 1. The number of aromatic nitrogens is 3. The molecule has 2 aromatic heterocycles. The first-order valence-electron chi connectivity index (χ1n) is 8.77. The van der Waals surface area contributed by atoms with Gasteiger partial charge in [-0.3, -0.25) is 9.48 Å². The molecule has 0 fully saturated rings. The monoisotopic (exact) mass is 334 g/mol. The van der Waals surface area contributed by atoms with Crippen LogP contribution in [0.3, 0.4) is 0 Å². The summed E-state index contributed by atoms with van der Waals surface area (Å²) in [6, 6.07) is 10.1. The van der Waals surface area contributed by atoms with E-state index in [1.165, 1.54) is 5.56 Å². The zero-order chi connectivity index (χ0) is 17.6. The predicted octanol–water partition coefficient (Wildman–Crippen LogP) is 3.57. The Morgan fingerprint density at radius 3 is 2.80 bits per heavy atom. The summed E-state index contributed by atoms with van der Waals surface area (Å²) in [6.07, 6.45) is 3.15. The van der Waals surface area contributed by atoms with Crippen molar-refractivity contribution in [2.45, 2.75) is 33.1 Å². The molecule has 0 unspecified atom stereocenters. The topological polar surface area (TPSA) is 51.0 Å². The standard InChI is InChI=1S/C20H22N4O/c1-13-12-16(18-14(2)22-23(3)19(18)21-13)20(25)24-11-7-6-9-15-8-4-5-10-17(15)24/h4-5,8,10,12H,6-7,9,11H2,1-3H3. The minimum atomic E-state index is 0.0425. The van der Waals surface area contributed by atoms with Gasteiger partial charge >= 0.3 is 0 Å². The molecule has 0 aliphatic carbocycles. The van der Waals surface area contributed by atoms with Gasteiger partial charge in [0.2, 0.25) is 0 Å². The largest absolute Gasteiger partial charge is 0.308 e. The molecular formula is C20H22N4O. The van der Waals surface area contributed by atoms with Crippen LogP contribution < -0.4 is 4.90 Å². The second kappa shape index (κ2) is 5.99. The van der Waals surface area contributed by atoms with E-state index in [4.69, 9.17) is 0 Å². The molecule has 5 heteroatoms. The summed E-state index contributed by atoms with van der Waals surface area (Å²) in [4.78, 5) is 20.0. The number of rotatable bonds is 1. The zero-order valence-corrected chi connectivity index (χ0v) is 14.9. The van der Waals surface area contributed by atoms with Crippen molar-refractivity contribution in [1.82, 2.24) is 14.8 Å². The number of hydrogen-bond acceptors (Lipinski definition) is 3. The average Bonchev–Trinajstić information content (AvgIpc) is 2.78. The van der Waals surface area contributed by atoms with Crippen molar-refractivity contribution in [1.29, 1.82) is 0 Å². The summed E-state index contributed by atoms with van der Waals surface area (Å²) in [6.45, 7) is 4.61. The Morgan fingerprint density at radius 1 is 1.16 bits per heavy atom. The highest BCUT2D eigenvalue weighted by Crippen LogP contribution is 2.30. The number of pyridine rings is 1. The molecule has 0 bridgehead atoms. The molecule has 1 aliphatic rings. The van der Waals surface area contributed by atoms with E-state index < -0.39 is 0 Å². The van der Waals surface area contributed by atoms with Crippen molar-refractivity contribution < 1.29 is 4.79 Å². The van der Waals surface area contributed by atoms with Crippen LogP contribution in [0.4, 0.5) is 5.69 Å². The van der Waals surface area contributed by atoms with Gasteiger partial charge in [0, 0.05) is 25.0 Å². The first-order chi connectivity index (χ1) is 12.1. The van der Waals surface area contributed by atoms with Gasteiger partial charge < -0.3 is 4.90 Å². The number of para-hydroxylation sites is 1. The highest BCUT2D eigenvalue weighted by Gasteiger charge is 2.25. The molecule has 0 saturated heterocycles. The lowest BCUT2D eigenvalue weighted by molar-refractivity contribution is 0.0988. The molecule has 0 saturated carbocycles. The molecular weight excluding hydrogens is 312 g/mol. The Morgan fingerprint density at radius 2 is 1.96 bits per heavy atom. The van der Waals surface area contributed by atoms with Gasteiger partial charge in [0.25, 0.3) is 5.91 Å². The van der Waals surface area contributed by atoms with Crippen LogP contribution in [0.25, 0.3) is 11.0 Å². The highest BCUT2D eigenvalue weighted by molar-refractivity contribution is 6.14. The number of anilines is 1. The van der Waals surface area contributed by atoms with Crippen LogP contribution in [-0.2, 0) is 13.5 Å². The van der Waals surface area contributed by atoms with Gasteiger partial charge in [-0.15, -0.1) is 0 Å². The van der Waals surface area contributed by atoms with Gasteiger partial charge in [0.15, 0.2) is 5.65 Å². The van der Waals surface area contributed by atoms with Crippen LogP contribution in [0.5, 0.6) is 0 Å². The van der Waals surface area contributed by atoms with E-state index in [-0.39, 0.29) is 5.91 Å². The number of amides is 1. The Labute approximate surface area is 147 Å². The molecule has 0 N–H and O–H groups in total. The maximum absolute atomic E-state index is 13.5. The molecule has 0 atom stereocenters. The third-order valence-electron chi connectivity index (χ3n) is 4.93. The van der Waals surface area contributed by atoms with E-state index in [9.17, 15) is 4.79 Å². The first-order valence-corrected chi connectivity index (χ1v) is 8.77. The average molecular weight is 334 g/mol. The van der Waals surface area contributed by atoms with Crippen LogP contribution in [0, 0.1) is 13.8 Å². The van der Waals surface area contributed by atoms with Crippen molar-refractivity contribution in [2.24, 2.45) is 7.05 Å². The van der Waals surface area contributed by atoms with Crippen LogP contribution in [0.15, 0.2) is 30.3 Å². The second-order valence-electron chi connectivity index (χ2n) is 6.76. The fraction of sp³-hybridized carbons (Fsp3) is 0.350. The van der Waals surface area contributed by atoms with Crippen molar-refractivity contribution in [2.75, 3.05) is 11.4 Å². The Kier molecular flexibility index (Phi) is 3.79. The molecule has 0 spiro atoms. The fourth-order valence-electron chi connectivity index (χ4n) is 3.79. The highest BCUT2D eigenvalue weighted by atomic mass is 16.2. The molecule has 128 valence electrons. The Balaban J connectivity index is 1.89. The number of aryl methyl sites for hydroxylation is 4. The zero-order valence-electron chi connectivity index (χ0n) is 14.9. The SMILES string of the molecule is Cc1cc(C(=O)N2CCCCc3ccccc32)c2c(C)nn(C)c2n1. The maximum atomic E-state index is 13.5. The van der Waals surface area contributed by atoms with Gasteiger partial charge in [-0.25, -0.2) is 4.98 Å². The summed E-state index contributed by atoms with van der Waals surface area (Å²) in [5.41, 5.74) is 5.43. The van der Waals surface area contributed by atoms with E-state index in [1.807, 2.05) is 44.0 Å². The van der Waals surface area contributed by atoms with E-state index in [0.717, 1.165) is 53.9 Å². The number of benzene rings is 1. The van der Waals surface area contributed by atoms with Gasteiger partial charge in [0.05, 0.1) is 16.6 Å². The molecule has 1 amide bonds. The molecule has 25 heavy (non-hydrogen) atoms. The predicted molar refractivity (Wildman–Crippen MR) is 99.0 cm³/mol. The number of nitrogens with zero attached hydrogens (tertiary/aromatic N) is 4. The van der Waals surface area contributed by atoms with Crippen LogP contribution in [0.2, 0.25) is 0 Å². The Bertz CT molecular complexity index is 973. The lowest BCUT2D eigenvalue weighted by atomic mass is 10.1. The minimum absolute atomic E-state index is 0.0425. The summed E-state index contributed by atoms with van der Waals surface area (Å²) < 4.78 is 1.75. The van der Waals surface area contributed by atoms with Crippen LogP contribution in [0.1, 0.15) is 40.2 Å². The van der Waals surface area contributed by atoms with E-state index >= 15 is 0 Å². The van der Waals surface area contributed by atoms with Gasteiger partial charge in [-0.05, 0) is 50.8 Å². The Hall–Kier alpha value is -2.69. The summed E-state index contributed by atoms with van der Waals surface area (Å²) in [5.74, 6) is 0.0425. The van der Waals surface area contributed by atoms with Gasteiger partial charge in [0.1, 0.15) is 0 Å². The number of hydrogen-bond donors (Lipinski definition) is 0. The lowest BCUT2D eigenvalue weighted by Crippen LogP contribution is -2.32. The van der Waals surface area contributed by atoms with E-state index in [1.54, 1.807) is 4.68 Å². The van der Waals surface area contributed by atoms with Crippen LogP contribution >= 0.6 is 0 Å². The molecule has 0 radical (unpaired) electrons. The third kappa shape index (κ3) is 2.60. The molecule has 5 nitrogen and oxygen atoms in total. The first kappa shape index (κ1) is 15.8. The summed E-state index contributed by atoms with van der Waals surface area (Å²) >= 11 is 0. The fourth-order valence-corrected chi connectivity index (χ4v) is 3.79. The third-order valence-corrected chi connectivity index (χ3v) is 4.93.